The summed E-state index contributed by atoms with van der Waals surface area (Å²) in [6.07, 6.45) is -0.0941. The van der Waals surface area contributed by atoms with Crippen LogP contribution in [0, 0.1) is 0 Å². The molecule has 0 atom stereocenters. The lowest BCUT2D eigenvalue weighted by Crippen LogP contribution is -2.11. The Labute approximate surface area is 86.5 Å². The fraction of sp³-hybridized carbons (Fsp3) is 0.200. The van der Waals surface area contributed by atoms with E-state index >= 15 is 0 Å². The molecule has 1 aromatic carbocycles. The Bertz CT molecular complexity index is 400. The van der Waals surface area contributed by atoms with Crippen LogP contribution in [0.25, 0.3) is 0 Å². The Morgan fingerprint density at radius 3 is 2.67 bits per heavy atom. The van der Waals surface area contributed by atoms with Gasteiger partial charge in [-0.25, -0.2) is 4.79 Å². The molecule has 0 aliphatic heterocycles. The Balaban J connectivity index is 3.11. The third-order valence-corrected chi connectivity index (χ3v) is 1.96. The molecule has 0 saturated heterocycles. The van der Waals surface area contributed by atoms with Crippen LogP contribution in [0.15, 0.2) is 18.2 Å². The number of ether oxygens (including phenoxy) is 1. The maximum absolute atomic E-state index is 11.0. The molecule has 0 aliphatic rings. The summed E-state index contributed by atoms with van der Waals surface area (Å²) in [5.41, 5.74) is 5.97. The summed E-state index contributed by atoms with van der Waals surface area (Å²) in [5, 5.41) is 8.90. The first kappa shape index (κ1) is 11.0. The van der Waals surface area contributed by atoms with Crippen molar-refractivity contribution < 1.29 is 19.4 Å². The molecule has 0 aliphatic carbocycles. The van der Waals surface area contributed by atoms with E-state index in [4.69, 9.17) is 10.8 Å². The van der Waals surface area contributed by atoms with E-state index in [-0.39, 0.29) is 17.7 Å². The highest BCUT2D eigenvalue weighted by Gasteiger charge is 2.15. The minimum atomic E-state index is -1.15. The van der Waals surface area contributed by atoms with E-state index in [1.54, 1.807) is 6.07 Å². The second-order valence-corrected chi connectivity index (χ2v) is 2.94. The minimum Gasteiger partial charge on any atom is -0.478 e. The molecule has 80 valence electrons. The fourth-order valence-corrected chi connectivity index (χ4v) is 1.26. The van der Waals surface area contributed by atoms with E-state index in [0.29, 0.717) is 5.56 Å². The van der Waals surface area contributed by atoms with Gasteiger partial charge >= 0.3 is 11.9 Å². The average molecular weight is 209 g/mol. The average Bonchev–Trinajstić information content (AvgIpc) is 2.17. The van der Waals surface area contributed by atoms with E-state index in [1.807, 2.05) is 0 Å². The summed E-state index contributed by atoms with van der Waals surface area (Å²) in [6.45, 7) is 0. The van der Waals surface area contributed by atoms with Gasteiger partial charge in [0.15, 0.2) is 0 Å². The first-order valence-corrected chi connectivity index (χ1v) is 4.23. The number of carbonyl (C=O) groups is 2. The smallest absolute Gasteiger partial charge is 0.338 e. The Hall–Kier alpha value is -2.04. The van der Waals surface area contributed by atoms with Gasteiger partial charge < -0.3 is 15.6 Å². The molecule has 1 aromatic rings. The van der Waals surface area contributed by atoms with E-state index in [1.165, 1.54) is 19.2 Å². The van der Waals surface area contributed by atoms with Crippen molar-refractivity contribution in [3.8, 4) is 0 Å². The molecular formula is C10H11NO4. The summed E-state index contributed by atoms with van der Waals surface area (Å²) in [7, 11) is 1.25. The number of nitrogen functional groups attached to an aromatic ring is 1. The Morgan fingerprint density at radius 2 is 2.13 bits per heavy atom. The SMILES string of the molecule is COC(=O)Cc1cccc(N)c1C(=O)O. The first-order valence-electron chi connectivity index (χ1n) is 4.23. The predicted molar refractivity (Wildman–Crippen MR) is 53.5 cm³/mol. The van der Waals surface area contributed by atoms with Crippen LogP contribution in [-0.2, 0) is 16.0 Å². The maximum Gasteiger partial charge on any atom is 0.338 e. The molecule has 3 N–H and O–H groups in total. The fourth-order valence-electron chi connectivity index (χ4n) is 1.26. The molecule has 0 aromatic heterocycles. The standard InChI is InChI=1S/C10H11NO4/c1-15-8(12)5-6-3-2-4-7(11)9(6)10(13)14/h2-4H,5,11H2,1H3,(H,13,14). The van der Waals surface area contributed by atoms with Crippen molar-refractivity contribution in [1.82, 2.24) is 0 Å². The molecule has 0 heterocycles. The zero-order chi connectivity index (χ0) is 11.4. The van der Waals surface area contributed by atoms with Crippen LogP contribution < -0.4 is 5.73 Å². The van der Waals surface area contributed by atoms with Gasteiger partial charge in [0.2, 0.25) is 0 Å². The lowest BCUT2D eigenvalue weighted by molar-refractivity contribution is -0.139. The van der Waals surface area contributed by atoms with Crippen LogP contribution in [0.4, 0.5) is 5.69 Å². The van der Waals surface area contributed by atoms with Gasteiger partial charge in [0.1, 0.15) is 0 Å². The number of benzene rings is 1. The van der Waals surface area contributed by atoms with Crippen LogP contribution in [0.5, 0.6) is 0 Å². The normalized spacial score (nSPS) is 9.67. The van der Waals surface area contributed by atoms with Crippen molar-refractivity contribution in [2.75, 3.05) is 12.8 Å². The third-order valence-electron chi connectivity index (χ3n) is 1.96. The maximum atomic E-state index is 11.0. The van der Waals surface area contributed by atoms with Crippen molar-refractivity contribution in [2.45, 2.75) is 6.42 Å². The quantitative estimate of drug-likeness (QED) is 0.564. The van der Waals surface area contributed by atoms with Gasteiger partial charge in [-0.2, -0.15) is 0 Å². The van der Waals surface area contributed by atoms with Gasteiger partial charge in [0, 0.05) is 5.69 Å². The Morgan fingerprint density at radius 1 is 1.47 bits per heavy atom. The highest BCUT2D eigenvalue weighted by molar-refractivity contribution is 5.96. The van der Waals surface area contributed by atoms with Crippen LogP contribution in [0.1, 0.15) is 15.9 Å². The van der Waals surface area contributed by atoms with Crippen molar-refractivity contribution in [3.05, 3.63) is 29.3 Å². The van der Waals surface area contributed by atoms with Gasteiger partial charge in [0.05, 0.1) is 19.1 Å². The second kappa shape index (κ2) is 4.45. The van der Waals surface area contributed by atoms with Gasteiger partial charge in [0.25, 0.3) is 0 Å². The molecule has 0 radical (unpaired) electrons. The summed E-state index contributed by atoms with van der Waals surface area (Å²) >= 11 is 0. The molecule has 0 bridgehead atoms. The van der Waals surface area contributed by atoms with Crippen molar-refractivity contribution in [2.24, 2.45) is 0 Å². The molecule has 0 fully saturated rings. The van der Waals surface area contributed by atoms with Crippen LogP contribution in [0.3, 0.4) is 0 Å². The van der Waals surface area contributed by atoms with Gasteiger partial charge in [-0.3, -0.25) is 4.79 Å². The van der Waals surface area contributed by atoms with Crippen LogP contribution in [0.2, 0.25) is 0 Å². The number of carboxylic acids is 1. The molecule has 5 heteroatoms. The van der Waals surface area contributed by atoms with Crippen molar-refractivity contribution >= 4 is 17.6 Å². The molecule has 0 unspecified atom stereocenters. The highest BCUT2D eigenvalue weighted by Crippen LogP contribution is 2.17. The number of carboxylic acid groups (broad SMARTS) is 1. The number of methoxy groups -OCH3 is 1. The number of nitrogens with two attached hydrogens (primary N) is 1. The zero-order valence-corrected chi connectivity index (χ0v) is 8.19. The lowest BCUT2D eigenvalue weighted by Gasteiger charge is -2.07. The van der Waals surface area contributed by atoms with Gasteiger partial charge in [-0.15, -0.1) is 0 Å². The van der Waals surface area contributed by atoms with E-state index in [9.17, 15) is 9.59 Å². The van der Waals surface area contributed by atoms with Crippen LogP contribution >= 0.6 is 0 Å². The summed E-state index contributed by atoms with van der Waals surface area (Å²) < 4.78 is 4.46. The lowest BCUT2D eigenvalue weighted by atomic mass is 10.0. The molecule has 0 saturated carbocycles. The summed E-state index contributed by atoms with van der Waals surface area (Å²) in [5.74, 6) is -1.64. The first-order chi connectivity index (χ1) is 7.06. The minimum absolute atomic E-state index is 0.0390. The van der Waals surface area contributed by atoms with Gasteiger partial charge in [-0.05, 0) is 11.6 Å². The number of anilines is 1. The zero-order valence-electron chi connectivity index (χ0n) is 8.19. The van der Waals surface area contributed by atoms with Crippen LogP contribution in [-0.4, -0.2) is 24.2 Å². The number of hydrogen-bond donors (Lipinski definition) is 2. The third kappa shape index (κ3) is 2.46. The Kier molecular flexibility index (Phi) is 3.28. The summed E-state index contributed by atoms with van der Waals surface area (Å²) in [6, 6.07) is 4.61. The van der Waals surface area contributed by atoms with Crippen molar-refractivity contribution in [3.63, 3.8) is 0 Å². The summed E-state index contributed by atoms with van der Waals surface area (Å²) in [4.78, 5) is 21.9. The highest BCUT2D eigenvalue weighted by atomic mass is 16.5. The number of carbonyl (C=O) groups excluding carboxylic acids is 1. The van der Waals surface area contributed by atoms with E-state index in [0.717, 1.165) is 0 Å². The number of esters is 1. The molecule has 0 amide bonds. The predicted octanol–water partition coefficient (Wildman–Crippen LogP) is 0.683. The molecule has 1 rings (SSSR count). The molecule has 5 nitrogen and oxygen atoms in total. The number of rotatable bonds is 3. The molecule has 15 heavy (non-hydrogen) atoms. The number of hydrogen-bond acceptors (Lipinski definition) is 4. The molecular weight excluding hydrogens is 198 g/mol. The monoisotopic (exact) mass is 209 g/mol. The second-order valence-electron chi connectivity index (χ2n) is 2.94. The van der Waals surface area contributed by atoms with Crippen molar-refractivity contribution in [1.29, 1.82) is 0 Å². The van der Waals surface area contributed by atoms with Gasteiger partial charge in [-0.1, -0.05) is 12.1 Å². The van der Waals surface area contributed by atoms with E-state index < -0.39 is 11.9 Å². The topological polar surface area (TPSA) is 89.6 Å². The number of aromatic carboxylic acids is 1. The molecule has 0 spiro atoms. The largest absolute Gasteiger partial charge is 0.478 e. The van der Waals surface area contributed by atoms with E-state index in [2.05, 4.69) is 4.74 Å².